The summed E-state index contributed by atoms with van der Waals surface area (Å²) in [5.41, 5.74) is 5.17. The highest BCUT2D eigenvalue weighted by atomic mass is 16.5. The van der Waals surface area contributed by atoms with Crippen molar-refractivity contribution in [3.63, 3.8) is 0 Å². The van der Waals surface area contributed by atoms with Crippen LogP contribution in [0.15, 0.2) is 72.9 Å². The van der Waals surface area contributed by atoms with Crippen molar-refractivity contribution >= 4 is 5.65 Å². The fraction of sp³-hybridized carbons (Fsp3) is 0.280. The van der Waals surface area contributed by atoms with Crippen molar-refractivity contribution in [1.82, 2.24) is 19.9 Å². The first-order chi connectivity index (χ1) is 14.8. The van der Waals surface area contributed by atoms with Gasteiger partial charge in [0.25, 0.3) is 0 Å². The number of nitrogens with zero attached hydrogens (tertiary/aromatic N) is 3. The van der Waals surface area contributed by atoms with Crippen molar-refractivity contribution in [1.29, 1.82) is 0 Å². The maximum atomic E-state index is 6.15. The highest BCUT2D eigenvalue weighted by molar-refractivity contribution is 5.72. The Morgan fingerprint density at radius 3 is 2.67 bits per heavy atom. The number of ether oxygens (including phenoxy) is 1. The number of piperidine rings is 1. The standard InChI is InChI=1S/C25H26N4O/c1-18(22-11-6-14-26-16-22)30-25-13-12-24-27-23(17-29(24)28-25)21-10-5-9-20(15-21)19-7-3-2-4-8-19/h2-5,7-10,12-13,15,17-18,22,26H,6,11,14,16H2,1H3. The molecule has 0 amide bonds. The second-order valence-electron chi connectivity index (χ2n) is 7.98. The number of imidazole rings is 1. The first kappa shape index (κ1) is 18.8. The molecule has 0 saturated carbocycles. The van der Waals surface area contributed by atoms with Gasteiger partial charge >= 0.3 is 0 Å². The van der Waals surface area contributed by atoms with Gasteiger partial charge < -0.3 is 10.1 Å². The van der Waals surface area contributed by atoms with E-state index in [1.165, 1.54) is 24.0 Å². The van der Waals surface area contributed by atoms with E-state index in [2.05, 4.69) is 65.9 Å². The van der Waals surface area contributed by atoms with E-state index in [1.54, 1.807) is 0 Å². The number of hydrogen-bond donors (Lipinski definition) is 1. The van der Waals surface area contributed by atoms with Crippen molar-refractivity contribution in [2.75, 3.05) is 13.1 Å². The third kappa shape index (κ3) is 3.94. The van der Waals surface area contributed by atoms with Crippen LogP contribution < -0.4 is 10.1 Å². The molecule has 0 aliphatic carbocycles. The van der Waals surface area contributed by atoms with Gasteiger partial charge in [0.1, 0.15) is 6.10 Å². The summed E-state index contributed by atoms with van der Waals surface area (Å²) in [5.74, 6) is 1.16. The summed E-state index contributed by atoms with van der Waals surface area (Å²) in [5, 5.41) is 8.10. The molecule has 5 rings (SSSR count). The molecule has 1 aliphatic heterocycles. The van der Waals surface area contributed by atoms with E-state index in [0.29, 0.717) is 11.8 Å². The maximum Gasteiger partial charge on any atom is 0.232 e. The molecule has 4 aromatic rings. The van der Waals surface area contributed by atoms with Gasteiger partial charge in [-0.05, 0) is 49.6 Å². The Morgan fingerprint density at radius 2 is 1.83 bits per heavy atom. The topological polar surface area (TPSA) is 51.5 Å². The van der Waals surface area contributed by atoms with Gasteiger partial charge in [-0.25, -0.2) is 9.50 Å². The Kier molecular flexibility index (Phi) is 5.20. The largest absolute Gasteiger partial charge is 0.473 e. The average molecular weight is 399 g/mol. The summed E-state index contributed by atoms with van der Waals surface area (Å²) in [7, 11) is 0. The highest BCUT2D eigenvalue weighted by Gasteiger charge is 2.21. The molecule has 2 aromatic carbocycles. The molecule has 5 heteroatoms. The predicted molar refractivity (Wildman–Crippen MR) is 120 cm³/mol. The van der Waals surface area contributed by atoms with Gasteiger partial charge in [-0.2, -0.15) is 0 Å². The van der Waals surface area contributed by atoms with E-state index >= 15 is 0 Å². The fourth-order valence-electron chi connectivity index (χ4n) is 4.12. The molecule has 2 aromatic heterocycles. The molecule has 2 unspecified atom stereocenters. The lowest BCUT2D eigenvalue weighted by atomic mass is 9.95. The number of benzene rings is 2. The molecule has 152 valence electrons. The van der Waals surface area contributed by atoms with Gasteiger partial charge in [-0.15, -0.1) is 5.10 Å². The molecule has 0 bridgehead atoms. The number of aromatic nitrogens is 3. The molecule has 2 atom stereocenters. The van der Waals surface area contributed by atoms with Crippen LogP contribution in [0.1, 0.15) is 19.8 Å². The van der Waals surface area contributed by atoms with Crippen LogP contribution in [0.5, 0.6) is 5.88 Å². The zero-order valence-electron chi connectivity index (χ0n) is 17.2. The van der Waals surface area contributed by atoms with Crippen molar-refractivity contribution in [2.45, 2.75) is 25.9 Å². The molecule has 0 radical (unpaired) electrons. The van der Waals surface area contributed by atoms with Crippen molar-refractivity contribution in [2.24, 2.45) is 5.92 Å². The zero-order chi connectivity index (χ0) is 20.3. The summed E-state index contributed by atoms with van der Waals surface area (Å²) >= 11 is 0. The van der Waals surface area contributed by atoms with E-state index in [9.17, 15) is 0 Å². The Morgan fingerprint density at radius 1 is 1.00 bits per heavy atom. The first-order valence-corrected chi connectivity index (χ1v) is 10.7. The van der Waals surface area contributed by atoms with Gasteiger partial charge in [0.05, 0.1) is 11.9 Å². The average Bonchev–Trinajstić information content (AvgIpc) is 3.24. The summed E-state index contributed by atoms with van der Waals surface area (Å²) in [6.45, 7) is 4.26. The predicted octanol–water partition coefficient (Wildman–Crippen LogP) is 4.83. The Balaban J connectivity index is 1.39. The minimum absolute atomic E-state index is 0.133. The Bertz CT molecular complexity index is 1130. The number of fused-ring (bicyclic) bond motifs is 1. The minimum atomic E-state index is 0.133. The summed E-state index contributed by atoms with van der Waals surface area (Å²) in [4.78, 5) is 4.76. The van der Waals surface area contributed by atoms with Gasteiger partial charge in [0.2, 0.25) is 5.88 Å². The zero-order valence-corrected chi connectivity index (χ0v) is 17.2. The van der Waals surface area contributed by atoms with Crippen LogP contribution in [0, 0.1) is 5.92 Å². The van der Waals surface area contributed by atoms with Gasteiger partial charge in [-0.3, -0.25) is 0 Å². The fourth-order valence-corrected chi connectivity index (χ4v) is 4.12. The Hall–Kier alpha value is -3.18. The maximum absolute atomic E-state index is 6.15. The van der Waals surface area contributed by atoms with Crippen LogP contribution in [-0.4, -0.2) is 33.8 Å². The highest BCUT2D eigenvalue weighted by Crippen LogP contribution is 2.26. The lowest BCUT2D eigenvalue weighted by Gasteiger charge is -2.28. The van der Waals surface area contributed by atoms with Gasteiger partial charge in [-0.1, -0.05) is 48.5 Å². The number of rotatable bonds is 5. The Labute approximate surface area is 176 Å². The first-order valence-electron chi connectivity index (χ1n) is 10.7. The van der Waals surface area contributed by atoms with E-state index < -0.39 is 0 Å². The van der Waals surface area contributed by atoms with E-state index in [1.807, 2.05) is 28.9 Å². The van der Waals surface area contributed by atoms with Gasteiger partial charge in [0, 0.05) is 24.1 Å². The SMILES string of the molecule is CC(Oc1ccc2nc(-c3cccc(-c4ccccc4)c3)cn2n1)C1CCCNC1. The van der Waals surface area contributed by atoms with Crippen LogP contribution >= 0.6 is 0 Å². The molecular weight excluding hydrogens is 372 g/mol. The molecule has 1 saturated heterocycles. The van der Waals surface area contributed by atoms with Gasteiger partial charge in [0.15, 0.2) is 5.65 Å². The van der Waals surface area contributed by atoms with E-state index in [4.69, 9.17) is 9.72 Å². The number of nitrogens with one attached hydrogen (secondary N) is 1. The van der Waals surface area contributed by atoms with Crippen LogP contribution in [0.3, 0.4) is 0 Å². The van der Waals surface area contributed by atoms with Crippen molar-refractivity contribution in [3.8, 4) is 28.3 Å². The van der Waals surface area contributed by atoms with Crippen LogP contribution in [0.2, 0.25) is 0 Å². The van der Waals surface area contributed by atoms with Crippen LogP contribution in [0.4, 0.5) is 0 Å². The molecule has 30 heavy (non-hydrogen) atoms. The van der Waals surface area contributed by atoms with E-state index in [0.717, 1.165) is 30.0 Å². The second kappa shape index (κ2) is 8.28. The molecule has 5 nitrogen and oxygen atoms in total. The molecular formula is C25H26N4O. The number of hydrogen-bond acceptors (Lipinski definition) is 4. The quantitative estimate of drug-likeness (QED) is 0.523. The molecule has 0 spiro atoms. The van der Waals surface area contributed by atoms with Crippen molar-refractivity contribution in [3.05, 3.63) is 72.9 Å². The van der Waals surface area contributed by atoms with E-state index in [-0.39, 0.29) is 6.10 Å². The summed E-state index contributed by atoms with van der Waals surface area (Å²) < 4.78 is 7.97. The third-order valence-corrected chi connectivity index (χ3v) is 5.87. The third-order valence-electron chi connectivity index (χ3n) is 5.87. The smallest absolute Gasteiger partial charge is 0.232 e. The molecule has 1 fully saturated rings. The molecule has 3 heterocycles. The minimum Gasteiger partial charge on any atom is -0.473 e. The van der Waals surface area contributed by atoms with Crippen molar-refractivity contribution < 1.29 is 4.74 Å². The van der Waals surface area contributed by atoms with Crippen LogP contribution in [0.25, 0.3) is 28.0 Å². The lowest BCUT2D eigenvalue weighted by molar-refractivity contribution is 0.124. The second-order valence-corrected chi connectivity index (χ2v) is 7.98. The summed E-state index contributed by atoms with van der Waals surface area (Å²) in [6, 6.07) is 22.7. The molecule has 1 N–H and O–H groups in total. The lowest BCUT2D eigenvalue weighted by Crippen LogP contribution is -2.38. The van der Waals surface area contributed by atoms with Crippen LogP contribution in [-0.2, 0) is 0 Å². The molecule has 1 aliphatic rings. The monoisotopic (exact) mass is 398 g/mol. The summed E-state index contributed by atoms with van der Waals surface area (Å²) in [6.07, 6.45) is 4.51. The normalized spacial score (nSPS) is 17.7.